The van der Waals surface area contributed by atoms with Gasteiger partial charge in [0.15, 0.2) is 0 Å². The molecule has 3 aromatic rings. The summed E-state index contributed by atoms with van der Waals surface area (Å²) in [6.45, 7) is 0. The minimum Gasteiger partial charge on any atom is -0.267 e. The highest BCUT2D eigenvalue weighted by atomic mass is 79.9. The van der Waals surface area contributed by atoms with Gasteiger partial charge >= 0.3 is 0 Å². The molecule has 0 unspecified atom stereocenters. The first-order valence-corrected chi connectivity index (χ1v) is 8.14. The van der Waals surface area contributed by atoms with Crippen molar-refractivity contribution in [2.45, 2.75) is 0 Å². The van der Waals surface area contributed by atoms with E-state index in [-0.39, 0.29) is 0 Å². The fourth-order valence-corrected chi connectivity index (χ4v) is 3.06. The van der Waals surface area contributed by atoms with Crippen LogP contribution in [0.4, 0.5) is 0 Å². The number of nitrogens with zero attached hydrogens (tertiary/aromatic N) is 2. The third kappa shape index (κ3) is 2.34. The molecule has 4 nitrogen and oxygen atoms in total. The summed E-state index contributed by atoms with van der Waals surface area (Å²) in [7, 11) is 0. The monoisotopic (exact) mass is 378 g/mol. The first-order valence-electron chi connectivity index (χ1n) is 7.35. The lowest BCUT2D eigenvalue weighted by molar-refractivity contribution is 0.0616. The minimum absolute atomic E-state index is 0.405. The molecule has 24 heavy (non-hydrogen) atoms. The van der Waals surface area contributed by atoms with E-state index in [0.29, 0.717) is 16.5 Å². The Labute approximate surface area is 146 Å². The summed E-state index contributed by atoms with van der Waals surface area (Å²) >= 11 is 3.36. The predicted octanol–water partition coefficient (Wildman–Crippen LogP) is 4.23. The van der Waals surface area contributed by atoms with Gasteiger partial charge in [-0.3, -0.25) is 9.59 Å². The highest BCUT2D eigenvalue weighted by molar-refractivity contribution is 9.10. The van der Waals surface area contributed by atoms with E-state index < -0.39 is 11.8 Å². The third-order valence-corrected chi connectivity index (χ3v) is 4.47. The summed E-state index contributed by atoms with van der Waals surface area (Å²) in [6.07, 6.45) is 1.51. The summed E-state index contributed by atoms with van der Waals surface area (Å²) in [4.78, 5) is 25.3. The Bertz CT molecular complexity index is 959. The molecule has 0 fully saturated rings. The Morgan fingerprint density at radius 3 is 2.00 bits per heavy atom. The summed E-state index contributed by atoms with van der Waals surface area (Å²) < 4.78 is 0.949. The topological polar surface area (TPSA) is 49.7 Å². The highest BCUT2D eigenvalue weighted by Crippen LogP contribution is 2.30. The number of imide groups is 1. The van der Waals surface area contributed by atoms with E-state index in [4.69, 9.17) is 0 Å². The molecule has 0 atom stereocenters. The SMILES string of the molecule is O=C1c2cccc3cccc(c23)C(=O)N1N=Cc1ccc(Br)cc1. The van der Waals surface area contributed by atoms with Gasteiger partial charge in [-0.2, -0.15) is 10.1 Å². The predicted molar refractivity (Wildman–Crippen MR) is 96.2 cm³/mol. The molecule has 1 heterocycles. The minimum atomic E-state index is -0.405. The molecular formula is C19H11BrN2O2. The molecule has 3 aromatic carbocycles. The number of hydrogen-bond acceptors (Lipinski definition) is 3. The Balaban J connectivity index is 1.78. The van der Waals surface area contributed by atoms with Crippen LogP contribution in [0.1, 0.15) is 26.3 Å². The van der Waals surface area contributed by atoms with Crippen molar-refractivity contribution in [3.63, 3.8) is 0 Å². The van der Waals surface area contributed by atoms with Crippen LogP contribution in [-0.2, 0) is 0 Å². The lowest BCUT2D eigenvalue weighted by Gasteiger charge is -2.22. The van der Waals surface area contributed by atoms with Gasteiger partial charge in [-0.05, 0) is 35.2 Å². The third-order valence-electron chi connectivity index (χ3n) is 3.94. The van der Waals surface area contributed by atoms with Crippen molar-refractivity contribution in [1.29, 1.82) is 0 Å². The molecule has 1 aliphatic rings. The van der Waals surface area contributed by atoms with Crippen molar-refractivity contribution in [2.24, 2.45) is 5.10 Å². The van der Waals surface area contributed by atoms with E-state index in [1.807, 2.05) is 48.5 Å². The molecule has 1 aliphatic heterocycles. The number of hydrogen-bond donors (Lipinski definition) is 0. The van der Waals surface area contributed by atoms with Crippen LogP contribution in [0.3, 0.4) is 0 Å². The Morgan fingerprint density at radius 1 is 0.833 bits per heavy atom. The molecule has 0 saturated carbocycles. The van der Waals surface area contributed by atoms with Gasteiger partial charge in [-0.25, -0.2) is 0 Å². The molecule has 0 aromatic heterocycles. The van der Waals surface area contributed by atoms with E-state index in [0.717, 1.165) is 20.4 Å². The van der Waals surface area contributed by atoms with Crippen molar-refractivity contribution < 1.29 is 9.59 Å². The van der Waals surface area contributed by atoms with Crippen molar-refractivity contribution in [2.75, 3.05) is 0 Å². The van der Waals surface area contributed by atoms with Gasteiger partial charge in [0.2, 0.25) is 0 Å². The Morgan fingerprint density at radius 2 is 1.42 bits per heavy atom. The maximum Gasteiger partial charge on any atom is 0.282 e. The van der Waals surface area contributed by atoms with Crippen LogP contribution in [0.25, 0.3) is 10.8 Å². The first kappa shape index (κ1) is 14.8. The molecule has 4 rings (SSSR count). The number of benzene rings is 3. The quantitative estimate of drug-likeness (QED) is 0.494. The van der Waals surface area contributed by atoms with E-state index in [2.05, 4.69) is 21.0 Å². The van der Waals surface area contributed by atoms with Gasteiger partial charge in [0.25, 0.3) is 11.8 Å². The zero-order valence-electron chi connectivity index (χ0n) is 12.4. The van der Waals surface area contributed by atoms with Crippen LogP contribution in [0.15, 0.2) is 70.2 Å². The molecule has 116 valence electrons. The number of halogens is 1. The van der Waals surface area contributed by atoms with E-state index >= 15 is 0 Å². The summed E-state index contributed by atoms with van der Waals surface area (Å²) in [5, 5.41) is 6.63. The van der Waals surface area contributed by atoms with Crippen LogP contribution in [0, 0.1) is 0 Å². The zero-order chi connectivity index (χ0) is 16.7. The highest BCUT2D eigenvalue weighted by Gasteiger charge is 2.32. The maximum absolute atomic E-state index is 12.7. The average molecular weight is 379 g/mol. The van der Waals surface area contributed by atoms with E-state index in [1.54, 1.807) is 12.1 Å². The van der Waals surface area contributed by atoms with Crippen LogP contribution < -0.4 is 0 Å². The van der Waals surface area contributed by atoms with Crippen LogP contribution in [0.5, 0.6) is 0 Å². The Hall–Kier alpha value is -2.79. The van der Waals surface area contributed by atoms with Crippen molar-refractivity contribution in [3.05, 3.63) is 81.8 Å². The summed E-state index contributed by atoms with van der Waals surface area (Å²) in [5.41, 5.74) is 1.79. The molecule has 2 amide bonds. The van der Waals surface area contributed by atoms with Gasteiger partial charge < -0.3 is 0 Å². The van der Waals surface area contributed by atoms with Crippen molar-refractivity contribution in [3.8, 4) is 0 Å². The molecule has 5 heteroatoms. The Kier molecular flexibility index (Phi) is 3.50. The lowest BCUT2D eigenvalue weighted by Crippen LogP contribution is -2.36. The second kappa shape index (κ2) is 5.69. The van der Waals surface area contributed by atoms with Gasteiger partial charge in [-0.15, -0.1) is 0 Å². The molecular weight excluding hydrogens is 368 g/mol. The van der Waals surface area contributed by atoms with Crippen LogP contribution >= 0.6 is 15.9 Å². The molecule has 0 spiro atoms. The van der Waals surface area contributed by atoms with Gasteiger partial charge in [0.1, 0.15) is 0 Å². The smallest absolute Gasteiger partial charge is 0.267 e. The number of amides is 2. The number of hydrazone groups is 1. The van der Waals surface area contributed by atoms with Crippen LogP contribution in [0.2, 0.25) is 0 Å². The fraction of sp³-hybridized carbons (Fsp3) is 0. The van der Waals surface area contributed by atoms with Crippen molar-refractivity contribution >= 4 is 44.7 Å². The molecule has 0 bridgehead atoms. The second-order valence-electron chi connectivity index (χ2n) is 5.43. The van der Waals surface area contributed by atoms with E-state index in [1.165, 1.54) is 6.21 Å². The average Bonchev–Trinajstić information content (AvgIpc) is 2.61. The number of carbonyl (C=O) groups is 2. The zero-order valence-corrected chi connectivity index (χ0v) is 14.0. The standard InChI is InChI=1S/C19H11BrN2O2/c20-14-9-7-12(8-10-14)11-21-22-18(23)15-5-1-3-13-4-2-6-16(17(13)15)19(22)24/h1-11H. The summed E-state index contributed by atoms with van der Waals surface area (Å²) in [5.74, 6) is -0.810. The summed E-state index contributed by atoms with van der Waals surface area (Å²) in [6, 6.07) is 18.3. The second-order valence-corrected chi connectivity index (χ2v) is 6.34. The van der Waals surface area contributed by atoms with Gasteiger partial charge in [-0.1, -0.05) is 52.3 Å². The molecule has 0 saturated heterocycles. The molecule has 0 N–H and O–H groups in total. The van der Waals surface area contributed by atoms with Gasteiger partial charge in [0.05, 0.1) is 17.3 Å². The van der Waals surface area contributed by atoms with E-state index in [9.17, 15) is 9.59 Å². The number of rotatable bonds is 2. The van der Waals surface area contributed by atoms with Crippen LogP contribution in [-0.4, -0.2) is 23.0 Å². The molecule has 0 aliphatic carbocycles. The fourth-order valence-electron chi connectivity index (χ4n) is 2.80. The number of carbonyl (C=O) groups excluding carboxylic acids is 2. The first-order chi connectivity index (χ1) is 11.6. The lowest BCUT2D eigenvalue weighted by atomic mass is 9.95. The largest absolute Gasteiger partial charge is 0.282 e. The molecule has 0 radical (unpaired) electrons. The maximum atomic E-state index is 12.7. The van der Waals surface area contributed by atoms with Crippen molar-refractivity contribution in [1.82, 2.24) is 5.01 Å². The normalized spacial score (nSPS) is 14.0. The van der Waals surface area contributed by atoms with Gasteiger partial charge in [0, 0.05) is 9.86 Å².